The summed E-state index contributed by atoms with van der Waals surface area (Å²) in [7, 11) is 0. The van der Waals surface area contributed by atoms with Crippen LogP contribution in [0.3, 0.4) is 0 Å². The zero-order chi connectivity index (χ0) is 14.4. The first kappa shape index (κ1) is 15.1. The van der Waals surface area contributed by atoms with Gasteiger partial charge in [0.25, 0.3) is 0 Å². The molecule has 0 aliphatic heterocycles. The van der Waals surface area contributed by atoms with E-state index >= 15 is 0 Å². The van der Waals surface area contributed by atoms with Crippen LogP contribution in [0, 0.1) is 0 Å². The molecule has 2 rings (SSSR count). The quantitative estimate of drug-likeness (QED) is 0.838. The normalized spacial score (nSPS) is 10.3. The van der Waals surface area contributed by atoms with E-state index in [4.69, 9.17) is 16.3 Å². The fraction of sp³-hybridized carbons (Fsp3) is 0.286. The Morgan fingerprint density at radius 3 is 2.70 bits per heavy atom. The Hall–Kier alpha value is -1.33. The number of anilines is 1. The molecule has 4 nitrogen and oxygen atoms in total. The van der Waals surface area contributed by atoms with Crippen molar-refractivity contribution in [2.75, 3.05) is 11.9 Å². The van der Waals surface area contributed by atoms with Gasteiger partial charge in [-0.3, -0.25) is 0 Å². The van der Waals surface area contributed by atoms with Crippen LogP contribution in [0.2, 0.25) is 5.02 Å². The number of ether oxygens (including phenoxy) is 1. The molecule has 0 aliphatic carbocycles. The van der Waals surface area contributed by atoms with Crippen molar-refractivity contribution in [2.45, 2.75) is 20.0 Å². The van der Waals surface area contributed by atoms with Gasteiger partial charge in [0.15, 0.2) is 0 Å². The summed E-state index contributed by atoms with van der Waals surface area (Å²) in [4.78, 5) is 8.31. The topological polar surface area (TPSA) is 47.0 Å². The van der Waals surface area contributed by atoms with Gasteiger partial charge in [0.1, 0.15) is 23.2 Å². The molecule has 0 unspecified atom stereocenters. The Kier molecular flexibility index (Phi) is 5.61. The number of hydrogen-bond donors (Lipinski definition) is 1. The van der Waals surface area contributed by atoms with Crippen LogP contribution in [0.15, 0.2) is 35.1 Å². The first-order valence-corrected chi connectivity index (χ1v) is 7.49. The maximum atomic E-state index is 5.85. The molecule has 106 valence electrons. The average molecular weight is 357 g/mol. The van der Waals surface area contributed by atoms with Crippen molar-refractivity contribution < 1.29 is 4.74 Å². The predicted molar refractivity (Wildman–Crippen MR) is 84.3 cm³/mol. The zero-order valence-electron chi connectivity index (χ0n) is 11.1. The molecule has 1 aromatic carbocycles. The molecular weight excluding hydrogens is 342 g/mol. The Morgan fingerprint density at radius 1 is 1.25 bits per heavy atom. The van der Waals surface area contributed by atoms with Crippen molar-refractivity contribution >= 4 is 33.3 Å². The van der Waals surface area contributed by atoms with E-state index in [9.17, 15) is 0 Å². The Morgan fingerprint density at radius 2 is 2.00 bits per heavy atom. The third kappa shape index (κ3) is 4.08. The molecule has 0 spiro atoms. The molecule has 6 heteroatoms. The van der Waals surface area contributed by atoms with Gasteiger partial charge in [0.2, 0.25) is 5.88 Å². The van der Waals surface area contributed by atoms with E-state index < -0.39 is 0 Å². The maximum Gasteiger partial charge on any atom is 0.233 e. The fourth-order valence-corrected chi connectivity index (χ4v) is 2.14. The lowest BCUT2D eigenvalue weighted by Gasteiger charge is -2.10. The van der Waals surface area contributed by atoms with Gasteiger partial charge in [-0.1, -0.05) is 30.7 Å². The molecule has 0 amide bonds. The molecule has 0 saturated heterocycles. The smallest absolute Gasteiger partial charge is 0.233 e. The van der Waals surface area contributed by atoms with E-state index in [1.165, 1.54) is 6.33 Å². The van der Waals surface area contributed by atoms with E-state index in [-0.39, 0.29) is 0 Å². The van der Waals surface area contributed by atoms with Crippen LogP contribution < -0.4 is 10.1 Å². The standard InChI is InChI=1S/C14H15BrClN3O/c1-2-7-17-13-12(15)14(19-9-18-13)20-8-10-3-5-11(16)6-4-10/h3-6,9H,2,7-8H2,1H3,(H,17,18,19). The van der Waals surface area contributed by atoms with Gasteiger partial charge in [-0.05, 0) is 40.0 Å². The largest absolute Gasteiger partial charge is 0.472 e. The monoisotopic (exact) mass is 355 g/mol. The van der Waals surface area contributed by atoms with Crippen molar-refractivity contribution in [2.24, 2.45) is 0 Å². The minimum absolute atomic E-state index is 0.431. The van der Waals surface area contributed by atoms with E-state index in [0.29, 0.717) is 17.5 Å². The first-order chi connectivity index (χ1) is 9.70. The fourth-order valence-electron chi connectivity index (χ4n) is 1.55. The lowest BCUT2D eigenvalue weighted by atomic mass is 10.2. The van der Waals surface area contributed by atoms with Crippen LogP contribution in [0.5, 0.6) is 5.88 Å². The van der Waals surface area contributed by atoms with E-state index in [0.717, 1.165) is 28.8 Å². The zero-order valence-corrected chi connectivity index (χ0v) is 13.4. The van der Waals surface area contributed by atoms with Crippen LogP contribution in [0.4, 0.5) is 5.82 Å². The molecule has 2 aromatic rings. The van der Waals surface area contributed by atoms with E-state index in [2.05, 4.69) is 38.1 Å². The minimum Gasteiger partial charge on any atom is -0.472 e. The molecule has 0 aliphatic rings. The summed E-state index contributed by atoms with van der Waals surface area (Å²) >= 11 is 9.31. The summed E-state index contributed by atoms with van der Waals surface area (Å²) < 4.78 is 6.44. The van der Waals surface area contributed by atoms with Crippen LogP contribution in [0.1, 0.15) is 18.9 Å². The van der Waals surface area contributed by atoms with Crippen molar-refractivity contribution in [1.29, 1.82) is 0 Å². The van der Waals surface area contributed by atoms with Crippen LogP contribution in [-0.4, -0.2) is 16.5 Å². The first-order valence-electron chi connectivity index (χ1n) is 6.32. The molecule has 0 fully saturated rings. The van der Waals surface area contributed by atoms with Gasteiger partial charge in [-0.25, -0.2) is 9.97 Å². The summed E-state index contributed by atoms with van der Waals surface area (Å²) in [5.74, 6) is 1.27. The summed E-state index contributed by atoms with van der Waals surface area (Å²) in [6.07, 6.45) is 2.51. The molecule has 0 atom stereocenters. The van der Waals surface area contributed by atoms with Crippen LogP contribution in [0.25, 0.3) is 0 Å². The second kappa shape index (κ2) is 7.45. The Balaban J connectivity index is 2.03. The number of aromatic nitrogens is 2. The molecular formula is C14H15BrClN3O. The lowest BCUT2D eigenvalue weighted by molar-refractivity contribution is 0.291. The predicted octanol–water partition coefficient (Wildman–Crippen LogP) is 4.29. The average Bonchev–Trinajstić information content (AvgIpc) is 2.47. The number of benzene rings is 1. The summed E-state index contributed by atoms with van der Waals surface area (Å²) in [6, 6.07) is 7.52. The maximum absolute atomic E-state index is 5.85. The van der Waals surface area contributed by atoms with E-state index in [1.807, 2.05) is 24.3 Å². The Labute approximate surface area is 131 Å². The third-order valence-corrected chi connectivity index (χ3v) is 3.56. The van der Waals surface area contributed by atoms with Crippen molar-refractivity contribution in [3.63, 3.8) is 0 Å². The lowest BCUT2D eigenvalue weighted by Crippen LogP contribution is -2.05. The summed E-state index contributed by atoms with van der Waals surface area (Å²) in [5.41, 5.74) is 1.03. The van der Waals surface area contributed by atoms with Crippen LogP contribution in [-0.2, 0) is 6.61 Å². The number of halogens is 2. The molecule has 20 heavy (non-hydrogen) atoms. The SMILES string of the molecule is CCCNc1ncnc(OCc2ccc(Cl)cc2)c1Br. The second-order valence-corrected chi connectivity index (χ2v) is 5.41. The van der Waals surface area contributed by atoms with Crippen molar-refractivity contribution in [3.8, 4) is 5.88 Å². The van der Waals surface area contributed by atoms with Gasteiger partial charge in [-0.15, -0.1) is 0 Å². The minimum atomic E-state index is 0.431. The third-order valence-electron chi connectivity index (χ3n) is 2.59. The molecule has 0 bridgehead atoms. The molecule has 1 heterocycles. The van der Waals surface area contributed by atoms with Gasteiger partial charge in [-0.2, -0.15) is 0 Å². The van der Waals surface area contributed by atoms with Gasteiger partial charge < -0.3 is 10.1 Å². The highest BCUT2D eigenvalue weighted by Gasteiger charge is 2.09. The highest BCUT2D eigenvalue weighted by Crippen LogP contribution is 2.28. The second-order valence-electron chi connectivity index (χ2n) is 4.18. The molecule has 0 saturated carbocycles. The van der Waals surface area contributed by atoms with Crippen molar-refractivity contribution in [3.05, 3.63) is 45.7 Å². The number of hydrogen-bond acceptors (Lipinski definition) is 4. The number of rotatable bonds is 6. The summed E-state index contributed by atoms with van der Waals surface area (Å²) in [5, 5.41) is 3.92. The van der Waals surface area contributed by atoms with Crippen LogP contribution >= 0.6 is 27.5 Å². The number of nitrogens with one attached hydrogen (secondary N) is 1. The number of nitrogens with zero attached hydrogens (tertiary/aromatic N) is 2. The van der Waals surface area contributed by atoms with Crippen molar-refractivity contribution in [1.82, 2.24) is 9.97 Å². The summed E-state index contributed by atoms with van der Waals surface area (Å²) in [6.45, 7) is 3.38. The van der Waals surface area contributed by atoms with E-state index in [1.54, 1.807) is 0 Å². The highest BCUT2D eigenvalue weighted by atomic mass is 79.9. The molecule has 1 aromatic heterocycles. The molecule has 0 radical (unpaired) electrons. The van der Waals surface area contributed by atoms with Gasteiger partial charge in [0.05, 0.1) is 0 Å². The Bertz CT molecular complexity index is 563. The van der Waals surface area contributed by atoms with Gasteiger partial charge >= 0.3 is 0 Å². The molecule has 1 N–H and O–H groups in total. The van der Waals surface area contributed by atoms with Gasteiger partial charge in [0, 0.05) is 11.6 Å². The highest BCUT2D eigenvalue weighted by molar-refractivity contribution is 9.10.